The molecule has 1 aromatic rings. The number of carbonyl (C=O) groups excluding carboxylic acids is 1. The minimum Gasteiger partial charge on any atom is -0.493 e. The average Bonchev–Trinajstić information content (AvgIpc) is 3.35. The summed E-state index contributed by atoms with van der Waals surface area (Å²) in [5.74, 6) is 1.58. The van der Waals surface area contributed by atoms with Crippen molar-refractivity contribution in [3.63, 3.8) is 0 Å². The summed E-state index contributed by atoms with van der Waals surface area (Å²) in [4.78, 5) is 11.9. The van der Waals surface area contributed by atoms with Gasteiger partial charge in [-0.25, -0.2) is 0 Å². The number of ether oxygens (including phenoxy) is 3. The predicted octanol–water partition coefficient (Wildman–Crippen LogP) is 2.31. The molecule has 1 N–H and O–H groups in total. The van der Waals surface area contributed by atoms with E-state index in [1.165, 1.54) is 7.11 Å². The van der Waals surface area contributed by atoms with E-state index in [2.05, 4.69) is 5.32 Å². The average molecular weight is 293 g/mol. The first-order valence-electron chi connectivity index (χ1n) is 7.16. The van der Waals surface area contributed by atoms with Gasteiger partial charge >= 0.3 is 5.97 Å². The van der Waals surface area contributed by atoms with E-state index >= 15 is 0 Å². The van der Waals surface area contributed by atoms with Crippen molar-refractivity contribution in [1.82, 2.24) is 5.32 Å². The number of esters is 1. The summed E-state index contributed by atoms with van der Waals surface area (Å²) in [6, 6.07) is 5.56. The first kappa shape index (κ1) is 15.6. The van der Waals surface area contributed by atoms with E-state index < -0.39 is 0 Å². The maximum absolute atomic E-state index is 11.9. The summed E-state index contributed by atoms with van der Waals surface area (Å²) >= 11 is 0. The summed E-state index contributed by atoms with van der Waals surface area (Å²) < 4.78 is 15.4. The Kier molecular flexibility index (Phi) is 5.07. The fourth-order valence-electron chi connectivity index (χ4n) is 2.44. The third-order valence-electron chi connectivity index (χ3n) is 3.89. The highest BCUT2D eigenvalue weighted by Crippen LogP contribution is 2.35. The summed E-state index contributed by atoms with van der Waals surface area (Å²) in [6.07, 6.45) is 2.15. The Labute approximate surface area is 125 Å². The molecular weight excluding hydrogens is 270 g/mol. The number of carbonyl (C=O) groups is 1. The molecule has 0 aliphatic heterocycles. The standard InChI is InChI=1S/C16H23NO4/c1-10(17-15(11-5-6-11)16(18)21-4)12-7-8-13(19-2)14(9-12)20-3/h7-11,15,17H,5-6H2,1-4H3. The van der Waals surface area contributed by atoms with Crippen LogP contribution in [0.15, 0.2) is 18.2 Å². The lowest BCUT2D eigenvalue weighted by atomic mass is 10.0. The van der Waals surface area contributed by atoms with E-state index in [0.717, 1.165) is 18.4 Å². The van der Waals surface area contributed by atoms with Crippen LogP contribution in [0.1, 0.15) is 31.4 Å². The van der Waals surface area contributed by atoms with Crippen LogP contribution < -0.4 is 14.8 Å². The molecule has 0 spiro atoms. The molecule has 1 fully saturated rings. The molecule has 1 aliphatic carbocycles. The minimum absolute atomic E-state index is 0.0227. The van der Waals surface area contributed by atoms with Gasteiger partial charge in [-0.1, -0.05) is 6.07 Å². The van der Waals surface area contributed by atoms with Crippen molar-refractivity contribution >= 4 is 5.97 Å². The highest BCUT2D eigenvalue weighted by atomic mass is 16.5. The Balaban J connectivity index is 2.11. The molecule has 2 unspecified atom stereocenters. The van der Waals surface area contributed by atoms with Gasteiger partial charge in [0.15, 0.2) is 11.5 Å². The highest BCUT2D eigenvalue weighted by molar-refractivity contribution is 5.76. The molecule has 1 aromatic carbocycles. The molecule has 2 atom stereocenters. The Bertz CT molecular complexity index is 499. The van der Waals surface area contributed by atoms with Crippen molar-refractivity contribution in [3.8, 4) is 11.5 Å². The number of methoxy groups -OCH3 is 3. The fraction of sp³-hybridized carbons (Fsp3) is 0.562. The van der Waals surface area contributed by atoms with E-state index in [4.69, 9.17) is 14.2 Å². The Morgan fingerprint density at radius 1 is 1.19 bits per heavy atom. The van der Waals surface area contributed by atoms with Crippen LogP contribution >= 0.6 is 0 Å². The molecule has 1 saturated carbocycles. The zero-order valence-electron chi connectivity index (χ0n) is 13.0. The quantitative estimate of drug-likeness (QED) is 0.782. The van der Waals surface area contributed by atoms with Crippen molar-refractivity contribution in [3.05, 3.63) is 23.8 Å². The molecule has 0 heterocycles. The van der Waals surface area contributed by atoms with E-state index in [9.17, 15) is 4.79 Å². The fourth-order valence-corrected chi connectivity index (χ4v) is 2.44. The normalized spacial score (nSPS) is 17.0. The summed E-state index contributed by atoms with van der Waals surface area (Å²) in [5.41, 5.74) is 1.04. The number of nitrogens with one attached hydrogen (secondary N) is 1. The van der Waals surface area contributed by atoms with Crippen molar-refractivity contribution in [2.24, 2.45) is 5.92 Å². The van der Waals surface area contributed by atoms with E-state index in [-0.39, 0.29) is 18.1 Å². The van der Waals surface area contributed by atoms with Crippen LogP contribution in [-0.4, -0.2) is 33.3 Å². The van der Waals surface area contributed by atoms with Gasteiger partial charge in [0.05, 0.1) is 21.3 Å². The zero-order valence-corrected chi connectivity index (χ0v) is 13.0. The Hall–Kier alpha value is -1.75. The molecule has 0 bridgehead atoms. The van der Waals surface area contributed by atoms with E-state index in [1.807, 2.05) is 25.1 Å². The van der Waals surface area contributed by atoms with E-state index in [0.29, 0.717) is 17.4 Å². The van der Waals surface area contributed by atoms with Crippen molar-refractivity contribution < 1.29 is 19.0 Å². The molecule has 21 heavy (non-hydrogen) atoms. The number of rotatable bonds is 7. The SMILES string of the molecule is COC(=O)C(NC(C)c1ccc(OC)c(OC)c1)C1CC1. The van der Waals surface area contributed by atoms with Crippen LogP contribution in [0.2, 0.25) is 0 Å². The van der Waals surface area contributed by atoms with E-state index in [1.54, 1.807) is 14.2 Å². The maximum atomic E-state index is 11.9. The highest BCUT2D eigenvalue weighted by Gasteiger charge is 2.37. The van der Waals surface area contributed by atoms with Crippen molar-refractivity contribution in [1.29, 1.82) is 0 Å². The maximum Gasteiger partial charge on any atom is 0.323 e. The van der Waals surface area contributed by atoms with Crippen LogP contribution in [0.3, 0.4) is 0 Å². The monoisotopic (exact) mass is 293 g/mol. The number of benzene rings is 1. The molecule has 0 saturated heterocycles. The van der Waals surface area contributed by atoms with Gasteiger partial charge in [-0.05, 0) is 43.4 Å². The van der Waals surface area contributed by atoms with Gasteiger partial charge in [0.1, 0.15) is 6.04 Å². The van der Waals surface area contributed by atoms with Gasteiger partial charge < -0.3 is 14.2 Å². The zero-order chi connectivity index (χ0) is 15.4. The largest absolute Gasteiger partial charge is 0.493 e. The molecule has 0 amide bonds. The minimum atomic E-state index is -0.238. The molecule has 5 nitrogen and oxygen atoms in total. The molecule has 2 rings (SSSR count). The first-order valence-corrected chi connectivity index (χ1v) is 7.16. The van der Waals surface area contributed by atoms with Crippen LogP contribution in [0.25, 0.3) is 0 Å². The second-order valence-corrected chi connectivity index (χ2v) is 5.34. The van der Waals surface area contributed by atoms with Gasteiger partial charge in [0.25, 0.3) is 0 Å². The molecule has 5 heteroatoms. The summed E-state index contributed by atoms with van der Waals surface area (Å²) in [5, 5.41) is 3.36. The molecule has 0 radical (unpaired) electrons. The third kappa shape index (κ3) is 3.67. The van der Waals surface area contributed by atoms with Crippen molar-refractivity contribution in [2.45, 2.75) is 31.8 Å². The second kappa shape index (κ2) is 6.80. The Morgan fingerprint density at radius 3 is 2.38 bits per heavy atom. The summed E-state index contributed by atoms with van der Waals surface area (Å²) in [7, 11) is 4.65. The van der Waals surface area contributed by atoms with Gasteiger partial charge in [-0.3, -0.25) is 10.1 Å². The molecule has 1 aliphatic rings. The van der Waals surface area contributed by atoms with Crippen LogP contribution in [0, 0.1) is 5.92 Å². The van der Waals surface area contributed by atoms with Crippen LogP contribution in [-0.2, 0) is 9.53 Å². The summed E-state index contributed by atoms with van der Waals surface area (Å²) in [6.45, 7) is 2.03. The smallest absolute Gasteiger partial charge is 0.323 e. The molecule has 116 valence electrons. The number of hydrogen-bond acceptors (Lipinski definition) is 5. The molecular formula is C16H23NO4. The van der Waals surface area contributed by atoms with Gasteiger partial charge in [-0.15, -0.1) is 0 Å². The lowest BCUT2D eigenvalue weighted by Crippen LogP contribution is -2.40. The second-order valence-electron chi connectivity index (χ2n) is 5.34. The van der Waals surface area contributed by atoms with Gasteiger partial charge in [0, 0.05) is 6.04 Å². The Morgan fingerprint density at radius 2 is 1.86 bits per heavy atom. The third-order valence-corrected chi connectivity index (χ3v) is 3.89. The topological polar surface area (TPSA) is 56.8 Å². The van der Waals surface area contributed by atoms with Gasteiger partial charge in [0.2, 0.25) is 0 Å². The van der Waals surface area contributed by atoms with Crippen molar-refractivity contribution in [2.75, 3.05) is 21.3 Å². The molecule has 0 aromatic heterocycles. The van der Waals surface area contributed by atoms with Gasteiger partial charge in [-0.2, -0.15) is 0 Å². The van der Waals surface area contributed by atoms with Crippen LogP contribution in [0.5, 0.6) is 11.5 Å². The first-order chi connectivity index (χ1) is 10.1. The lowest BCUT2D eigenvalue weighted by Gasteiger charge is -2.22. The van der Waals surface area contributed by atoms with Crippen LogP contribution in [0.4, 0.5) is 0 Å². The predicted molar refractivity (Wildman–Crippen MR) is 79.6 cm³/mol. The number of hydrogen-bond donors (Lipinski definition) is 1. The lowest BCUT2D eigenvalue weighted by molar-refractivity contribution is -0.144.